The van der Waals surface area contributed by atoms with Crippen LogP contribution in [0.5, 0.6) is 0 Å². The number of aryl methyl sites for hydroxylation is 1. The Labute approximate surface area is 108 Å². The normalized spacial score (nSPS) is 18.1. The van der Waals surface area contributed by atoms with E-state index in [0.717, 1.165) is 13.1 Å². The lowest BCUT2D eigenvalue weighted by molar-refractivity contribution is -0.892. The first kappa shape index (κ1) is 13.1. The Morgan fingerprint density at radius 2 is 2.00 bits per heavy atom. The number of nitrogens with zero attached hydrogens (tertiary/aromatic N) is 1. The van der Waals surface area contributed by atoms with Crippen LogP contribution in [0.3, 0.4) is 0 Å². The van der Waals surface area contributed by atoms with Crippen molar-refractivity contribution >= 4 is 11.7 Å². The maximum absolute atomic E-state index is 11.9. The van der Waals surface area contributed by atoms with E-state index in [1.54, 1.807) is 6.07 Å². The first-order valence-corrected chi connectivity index (χ1v) is 6.81. The van der Waals surface area contributed by atoms with Crippen LogP contribution >= 0.6 is 0 Å². The predicted octanol–water partition coefficient (Wildman–Crippen LogP) is 0.771. The van der Waals surface area contributed by atoms with Gasteiger partial charge in [0.15, 0.2) is 12.4 Å². The second-order valence-corrected chi connectivity index (χ2v) is 5.07. The fraction of sp³-hybridized carbons (Fsp3) is 0.692. The molecule has 1 amide bonds. The molecule has 1 fully saturated rings. The highest BCUT2D eigenvalue weighted by Gasteiger charge is 2.16. The van der Waals surface area contributed by atoms with Crippen LogP contribution in [0.25, 0.3) is 0 Å². The number of anilines is 1. The Morgan fingerprint density at radius 3 is 2.61 bits per heavy atom. The molecule has 0 spiro atoms. The van der Waals surface area contributed by atoms with Crippen LogP contribution in [0.2, 0.25) is 0 Å². The molecule has 5 nitrogen and oxygen atoms in total. The van der Waals surface area contributed by atoms with Crippen LogP contribution in [0.15, 0.2) is 10.6 Å². The van der Waals surface area contributed by atoms with Gasteiger partial charge in [0.25, 0.3) is 5.91 Å². The van der Waals surface area contributed by atoms with Crippen LogP contribution in [0, 0.1) is 6.92 Å². The smallest absolute Gasteiger partial charge is 0.280 e. The van der Waals surface area contributed by atoms with Crippen LogP contribution in [-0.4, -0.2) is 30.7 Å². The molecule has 0 atom stereocenters. The highest BCUT2D eigenvalue weighted by atomic mass is 16.5. The molecule has 1 aromatic rings. The minimum atomic E-state index is 0.0267. The molecule has 5 heteroatoms. The van der Waals surface area contributed by atoms with Gasteiger partial charge in [0.05, 0.1) is 13.1 Å². The molecular formula is C13H22N3O2+. The zero-order valence-corrected chi connectivity index (χ0v) is 11.0. The third kappa shape index (κ3) is 4.14. The second-order valence-electron chi connectivity index (χ2n) is 5.07. The minimum absolute atomic E-state index is 0.0267. The van der Waals surface area contributed by atoms with Gasteiger partial charge in [0.1, 0.15) is 5.76 Å². The maximum atomic E-state index is 11.9. The monoisotopic (exact) mass is 252 g/mol. The predicted molar refractivity (Wildman–Crippen MR) is 68.5 cm³/mol. The van der Waals surface area contributed by atoms with E-state index in [-0.39, 0.29) is 5.91 Å². The Morgan fingerprint density at radius 1 is 1.33 bits per heavy atom. The van der Waals surface area contributed by atoms with E-state index in [1.807, 2.05) is 6.92 Å². The first-order chi connectivity index (χ1) is 8.74. The van der Waals surface area contributed by atoms with E-state index in [2.05, 4.69) is 10.5 Å². The molecule has 18 heavy (non-hydrogen) atoms. The Bertz CT molecular complexity index is 381. The number of quaternary nitrogens is 1. The largest absolute Gasteiger partial charge is 0.360 e. The molecule has 100 valence electrons. The summed E-state index contributed by atoms with van der Waals surface area (Å²) >= 11 is 0. The summed E-state index contributed by atoms with van der Waals surface area (Å²) in [7, 11) is 0. The average molecular weight is 252 g/mol. The van der Waals surface area contributed by atoms with Crippen molar-refractivity contribution in [1.82, 2.24) is 5.16 Å². The van der Waals surface area contributed by atoms with Crippen molar-refractivity contribution in [3.63, 3.8) is 0 Å². The van der Waals surface area contributed by atoms with Gasteiger partial charge in [-0.3, -0.25) is 4.79 Å². The first-order valence-electron chi connectivity index (χ1n) is 6.81. The molecule has 0 saturated carbocycles. The van der Waals surface area contributed by atoms with Gasteiger partial charge in [-0.15, -0.1) is 0 Å². The lowest BCUT2D eigenvalue weighted by Crippen LogP contribution is -3.13. The van der Waals surface area contributed by atoms with Gasteiger partial charge in [0, 0.05) is 6.07 Å². The van der Waals surface area contributed by atoms with Gasteiger partial charge in [-0.05, 0) is 32.6 Å². The van der Waals surface area contributed by atoms with Crippen LogP contribution in [0.4, 0.5) is 5.82 Å². The highest BCUT2D eigenvalue weighted by molar-refractivity contribution is 5.90. The molecule has 0 aromatic carbocycles. The maximum Gasteiger partial charge on any atom is 0.280 e. The van der Waals surface area contributed by atoms with E-state index in [4.69, 9.17) is 4.52 Å². The summed E-state index contributed by atoms with van der Waals surface area (Å²) in [6.45, 7) is 4.55. The van der Waals surface area contributed by atoms with Crippen molar-refractivity contribution < 1.29 is 14.2 Å². The third-order valence-electron chi connectivity index (χ3n) is 3.37. The van der Waals surface area contributed by atoms with Gasteiger partial charge in [-0.1, -0.05) is 11.6 Å². The summed E-state index contributed by atoms with van der Waals surface area (Å²) in [4.78, 5) is 13.3. The van der Waals surface area contributed by atoms with Crippen LogP contribution < -0.4 is 10.2 Å². The summed E-state index contributed by atoms with van der Waals surface area (Å²) in [6.07, 6.45) is 6.40. The lowest BCUT2D eigenvalue weighted by atomic mass is 10.1. The van der Waals surface area contributed by atoms with Gasteiger partial charge in [0.2, 0.25) is 0 Å². The molecule has 0 bridgehead atoms. The van der Waals surface area contributed by atoms with E-state index >= 15 is 0 Å². The van der Waals surface area contributed by atoms with Crippen molar-refractivity contribution in [3.05, 3.63) is 11.8 Å². The Balaban J connectivity index is 1.78. The molecule has 1 aliphatic heterocycles. The Hall–Kier alpha value is -1.36. The number of rotatable bonds is 3. The summed E-state index contributed by atoms with van der Waals surface area (Å²) in [5.74, 6) is 1.26. The summed E-state index contributed by atoms with van der Waals surface area (Å²) < 4.78 is 4.92. The minimum Gasteiger partial charge on any atom is -0.360 e. The van der Waals surface area contributed by atoms with Gasteiger partial charge >= 0.3 is 0 Å². The number of aromatic nitrogens is 1. The summed E-state index contributed by atoms with van der Waals surface area (Å²) in [5, 5.41) is 6.55. The topological polar surface area (TPSA) is 59.6 Å². The molecule has 2 heterocycles. The molecule has 1 saturated heterocycles. The van der Waals surface area contributed by atoms with Crippen molar-refractivity contribution in [1.29, 1.82) is 0 Å². The molecular weight excluding hydrogens is 230 g/mol. The Kier molecular flexibility index (Phi) is 4.75. The highest BCUT2D eigenvalue weighted by Crippen LogP contribution is 2.06. The summed E-state index contributed by atoms with van der Waals surface area (Å²) in [6, 6.07) is 1.74. The number of likely N-dealkylation sites (tertiary alicyclic amines) is 1. The van der Waals surface area contributed by atoms with E-state index in [9.17, 15) is 4.79 Å². The standard InChI is InChI=1S/C13H21N3O2/c1-11-9-12(15-18-11)14-13(17)10-16-7-5-3-2-4-6-8-16/h9H,2-8,10H2,1H3,(H,14,15,17)/p+1. The van der Waals surface area contributed by atoms with Crippen molar-refractivity contribution in [2.24, 2.45) is 0 Å². The van der Waals surface area contributed by atoms with E-state index in [1.165, 1.54) is 37.0 Å². The zero-order chi connectivity index (χ0) is 12.8. The third-order valence-corrected chi connectivity index (χ3v) is 3.37. The molecule has 0 unspecified atom stereocenters. The number of amides is 1. The lowest BCUT2D eigenvalue weighted by Gasteiger charge is -2.20. The molecule has 0 aliphatic carbocycles. The molecule has 1 aromatic heterocycles. The molecule has 2 N–H and O–H groups in total. The number of nitrogens with one attached hydrogen (secondary N) is 2. The summed E-state index contributed by atoms with van der Waals surface area (Å²) in [5.41, 5.74) is 0. The number of hydrogen-bond acceptors (Lipinski definition) is 3. The van der Waals surface area contributed by atoms with Gasteiger partial charge in [-0.25, -0.2) is 0 Å². The van der Waals surface area contributed by atoms with Gasteiger partial charge < -0.3 is 14.7 Å². The fourth-order valence-electron chi connectivity index (χ4n) is 2.42. The molecule has 1 aliphatic rings. The number of hydrogen-bond donors (Lipinski definition) is 2. The molecule has 0 radical (unpaired) electrons. The van der Waals surface area contributed by atoms with Crippen LogP contribution in [-0.2, 0) is 4.79 Å². The van der Waals surface area contributed by atoms with Crippen molar-refractivity contribution in [3.8, 4) is 0 Å². The van der Waals surface area contributed by atoms with E-state index < -0.39 is 0 Å². The van der Waals surface area contributed by atoms with Crippen molar-refractivity contribution in [2.75, 3.05) is 25.0 Å². The SMILES string of the molecule is Cc1cc(NC(=O)C[NH+]2CCCCCCC2)no1. The quantitative estimate of drug-likeness (QED) is 0.835. The fourth-order valence-corrected chi connectivity index (χ4v) is 2.42. The number of carbonyl (C=O) groups excluding carboxylic acids is 1. The zero-order valence-electron chi connectivity index (χ0n) is 11.0. The average Bonchev–Trinajstić information content (AvgIpc) is 2.67. The molecule has 2 rings (SSSR count). The second kappa shape index (κ2) is 6.54. The van der Waals surface area contributed by atoms with E-state index in [0.29, 0.717) is 18.1 Å². The van der Waals surface area contributed by atoms with Crippen LogP contribution in [0.1, 0.15) is 37.9 Å². The van der Waals surface area contributed by atoms with Gasteiger partial charge in [-0.2, -0.15) is 0 Å². The number of carbonyl (C=O) groups is 1. The van der Waals surface area contributed by atoms with Crippen molar-refractivity contribution in [2.45, 2.75) is 39.0 Å².